The smallest absolute Gasteiger partial charge is 0.261 e. The number of amides is 4. The quantitative estimate of drug-likeness (QED) is 0.473. The summed E-state index contributed by atoms with van der Waals surface area (Å²) < 4.78 is 5.35. The van der Waals surface area contributed by atoms with Gasteiger partial charge in [0.05, 0.1) is 11.1 Å². The van der Waals surface area contributed by atoms with Crippen LogP contribution in [0.5, 0.6) is 5.75 Å². The normalized spacial score (nSPS) is 12.7. The van der Waals surface area contributed by atoms with E-state index in [0.717, 1.165) is 0 Å². The number of para-hydroxylation sites is 1. The summed E-state index contributed by atoms with van der Waals surface area (Å²) in [5.41, 5.74) is 0.836. The molecule has 2 aromatic rings. The number of rotatable bonds is 9. The molecule has 0 bridgehead atoms. The van der Waals surface area contributed by atoms with Crippen LogP contribution in [0.1, 0.15) is 44.9 Å². The second kappa shape index (κ2) is 9.88. The van der Waals surface area contributed by atoms with E-state index in [1.807, 2.05) is 32.0 Å². The summed E-state index contributed by atoms with van der Waals surface area (Å²) in [7, 11) is 0. The minimum Gasteiger partial charge on any atom is -0.484 e. The van der Waals surface area contributed by atoms with E-state index in [9.17, 15) is 19.2 Å². The van der Waals surface area contributed by atoms with Crippen LogP contribution < -0.4 is 15.4 Å². The van der Waals surface area contributed by atoms with Crippen molar-refractivity contribution >= 4 is 23.6 Å². The van der Waals surface area contributed by atoms with Crippen molar-refractivity contribution in [3.8, 4) is 5.75 Å². The Bertz CT molecular complexity index is 988. The Labute approximate surface area is 180 Å². The van der Waals surface area contributed by atoms with E-state index in [0.29, 0.717) is 17.9 Å². The molecule has 0 radical (unpaired) electrons. The molecule has 1 aliphatic heterocycles. The average Bonchev–Trinajstić information content (AvgIpc) is 3.00. The van der Waals surface area contributed by atoms with Crippen LogP contribution in [-0.2, 0) is 4.79 Å². The first-order chi connectivity index (χ1) is 14.9. The van der Waals surface area contributed by atoms with E-state index in [1.54, 1.807) is 12.1 Å². The van der Waals surface area contributed by atoms with Gasteiger partial charge in [-0.05, 0) is 36.2 Å². The Kier molecular flexibility index (Phi) is 7.02. The molecule has 0 aromatic heterocycles. The molecule has 0 spiro atoms. The Balaban J connectivity index is 1.46. The highest BCUT2D eigenvalue weighted by Gasteiger charge is 2.36. The highest BCUT2D eigenvalue weighted by atomic mass is 16.5. The van der Waals surface area contributed by atoms with Crippen molar-refractivity contribution in [3.05, 3.63) is 65.2 Å². The molecule has 1 heterocycles. The predicted molar refractivity (Wildman–Crippen MR) is 114 cm³/mol. The lowest BCUT2D eigenvalue weighted by Gasteiger charge is -2.15. The van der Waals surface area contributed by atoms with Crippen LogP contribution in [0.25, 0.3) is 0 Å². The first-order valence-electron chi connectivity index (χ1n) is 10.1. The summed E-state index contributed by atoms with van der Waals surface area (Å²) in [5.74, 6) is -0.652. The number of benzene rings is 2. The number of carbonyl (C=O) groups is 4. The van der Waals surface area contributed by atoms with Gasteiger partial charge in [0.1, 0.15) is 5.75 Å². The van der Waals surface area contributed by atoms with E-state index in [4.69, 9.17) is 4.74 Å². The van der Waals surface area contributed by atoms with Gasteiger partial charge >= 0.3 is 0 Å². The number of nitrogens with one attached hydrogen (secondary N) is 2. The maximum absolute atomic E-state index is 12.5. The van der Waals surface area contributed by atoms with Gasteiger partial charge < -0.3 is 15.4 Å². The molecule has 8 nitrogen and oxygen atoms in total. The summed E-state index contributed by atoms with van der Waals surface area (Å²) in [6, 6.07) is 13.5. The monoisotopic (exact) mass is 423 g/mol. The average molecular weight is 423 g/mol. The lowest BCUT2D eigenvalue weighted by atomic mass is 10.1. The van der Waals surface area contributed by atoms with E-state index in [-0.39, 0.29) is 60.4 Å². The highest BCUT2D eigenvalue weighted by molar-refractivity contribution is 6.22. The summed E-state index contributed by atoms with van der Waals surface area (Å²) in [4.78, 5) is 50.3. The van der Waals surface area contributed by atoms with Crippen LogP contribution in [0.3, 0.4) is 0 Å². The second-order valence-electron chi connectivity index (χ2n) is 7.58. The largest absolute Gasteiger partial charge is 0.484 e. The van der Waals surface area contributed by atoms with Gasteiger partial charge in [-0.2, -0.15) is 0 Å². The molecule has 0 saturated carbocycles. The molecular weight excluding hydrogens is 398 g/mol. The zero-order valence-electron chi connectivity index (χ0n) is 17.5. The molecule has 8 heteroatoms. The van der Waals surface area contributed by atoms with Gasteiger partial charge in [0.2, 0.25) is 0 Å². The van der Waals surface area contributed by atoms with Crippen LogP contribution in [0, 0.1) is 5.92 Å². The van der Waals surface area contributed by atoms with Gasteiger partial charge in [0.25, 0.3) is 23.6 Å². The number of imide groups is 1. The molecule has 3 rings (SSSR count). The van der Waals surface area contributed by atoms with E-state index in [2.05, 4.69) is 10.6 Å². The molecule has 4 amide bonds. The van der Waals surface area contributed by atoms with E-state index >= 15 is 0 Å². The number of nitrogens with zero attached hydrogens (tertiary/aromatic N) is 1. The Morgan fingerprint density at radius 2 is 1.61 bits per heavy atom. The molecule has 0 aliphatic carbocycles. The molecule has 162 valence electrons. The van der Waals surface area contributed by atoms with Crippen molar-refractivity contribution in [3.63, 3.8) is 0 Å². The van der Waals surface area contributed by atoms with E-state index < -0.39 is 0 Å². The molecule has 0 fully saturated rings. The first-order valence-corrected chi connectivity index (χ1v) is 10.1. The van der Waals surface area contributed by atoms with Crippen molar-refractivity contribution in [2.75, 3.05) is 26.2 Å². The van der Waals surface area contributed by atoms with Crippen molar-refractivity contribution in [1.82, 2.24) is 15.5 Å². The third kappa shape index (κ3) is 5.48. The molecule has 0 atom stereocenters. The fraction of sp³-hybridized carbons (Fsp3) is 0.304. The van der Waals surface area contributed by atoms with Gasteiger partial charge in [-0.15, -0.1) is 0 Å². The second-order valence-corrected chi connectivity index (χ2v) is 7.58. The Morgan fingerprint density at radius 1 is 0.935 bits per heavy atom. The number of hydrogen-bond acceptors (Lipinski definition) is 5. The zero-order chi connectivity index (χ0) is 22.4. The lowest BCUT2D eigenvalue weighted by molar-refractivity contribution is -0.123. The molecule has 2 aromatic carbocycles. The topological polar surface area (TPSA) is 105 Å². The van der Waals surface area contributed by atoms with Crippen LogP contribution >= 0.6 is 0 Å². The van der Waals surface area contributed by atoms with Crippen LogP contribution in [0.2, 0.25) is 0 Å². The fourth-order valence-electron chi connectivity index (χ4n) is 3.16. The van der Waals surface area contributed by atoms with Crippen LogP contribution in [0.4, 0.5) is 0 Å². The molecule has 31 heavy (non-hydrogen) atoms. The molecule has 1 aliphatic rings. The van der Waals surface area contributed by atoms with Crippen molar-refractivity contribution < 1.29 is 23.9 Å². The number of fused-ring (bicyclic) bond motifs is 1. The van der Waals surface area contributed by atoms with Crippen LogP contribution in [0.15, 0.2) is 48.5 Å². The van der Waals surface area contributed by atoms with Gasteiger partial charge in [-0.3, -0.25) is 24.1 Å². The minimum absolute atomic E-state index is 0.119. The maximum atomic E-state index is 12.5. The first kappa shape index (κ1) is 22.0. The third-order valence-corrected chi connectivity index (χ3v) is 4.63. The molecule has 0 saturated heterocycles. The Hall–Kier alpha value is -3.68. The predicted octanol–water partition coefficient (Wildman–Crippen LogP) is 1.86. The number of hydrogen-bond donors (Lipinski definition) is 2. The summed E-state index contributed by atoms with van der Waals surface area (Å²) in [6.45, 7) is 4.50. The molecular formula is C23H25N3O5. The van der Waals surface area contributed by atoms with Gasteiger partial charge in [0.15, 0.2) is 6.61 Å². The van der Waals surface area contributed by atoms with Crippen molar-refractivity contribution in [2.24, 2.45) is 5.92 Å². The van der Waals surface area contributed by atoms with Crippen molar-refractivity contribution in [1.29, 1.82) is 0 Å². The zero-order valence-corrected chi connectivity index (χ0v) is 17.5. The highest BCUT2D eigenvalue weighted by Crippen LogP contribution is 2.24. The maximum Gasteiger partial charge on any atom is 0.261 e. The SMILES string of the molecule is CC(C)CN1C(=O)c2ccc(C(=O)NCCNC(=O)COc3ccccc3)cc2C1=O. The molecule has 0 unspecified atom stereocenters. The number of ether oxygens (including phenoxy) is 1. The fourth-order valence-corrected chi connectivity index (χ4v) is 3.16. The van der Waals surface area contributed by atoms with Gasteiger partial charge in [-0.25, -0.2) is 0 Å². The third-order valence-electron chi connectivity index (χ3n) is 4.63. The number of carbonyl (C=O) groups excluding carboxylic acids is 4. The minimum atomic E-state index is -0.389. The van der Waals surface area contributed by atoms with Gasteiger partial charge in [0, 0.05) is 25.2 Å². The van der Waals surface area contributed by atoms with Gasteiger partial charge in [-0.1, -0.05) is 32.0 Å². The van der Waals surface area contributed by atoms with Crippen molar-refractivity contribution in [2.45, 2.75) is 13.8 Å². The lowest BCUT2D eigenvalue weighted by Crippen LogP contribution is -2.36. The summed E-state index contributed by atoms with van der Waals surface area (Å²) in [6.07, 6.45) is 0. The summed E-state index contributed by atoms with van der Waals surface area (Å²) in [5, 5.41) is 5.34. The molecule has 2 N–H and O–H groups in total. The van der Waals surface area contributed by atoms with Crippen LogP contribution in [-0.4, -0.2) is 54.8 Å². The van der Waals surface area contributed by atoms with E-state index in [1.165, 1.54) is 23.1 Å². The standard InChI is InChI=1S/C23H25N3O5/c1-15(2)13-26-22(29)18-9-8-16(12-19(18)23(26)30)21(28)25-11-10-24-20(27)14-31-17-6-4-3-5-7-17/h3-9,12,15H,10-11,13-14H2,1-2H3,(H,24,27)(H,25,28). The summed E-state index contributed by atoms with van der Waals surface area (Å²) >= 11 is 0. The Morgan fingerprint density at radius 3 is 2.32 bits per heavy atom.